The van der Waals surface area contributed by atoms with E-state index < -0.39 is 0 Å². The molecule has 6 heteroatoms. The van der Waals surface area contributed by atoms with E-state index in [1.807, 2.05) is 29.0 Å². The highest BCUT2D eigenvalue weighted by atomic mass is 16.1. The molecule has 0 saturated carbocycles. The number of nitrogens with one attached hydrogen (secondary N) is 1. The van der Waals surface area contributed by atoms with Gasteiger partial charge in [0.15, 0.2) is 0 Å². The molecule has 0 spiro atoms. The molecule has 6 nitrogen and oxygen atoms in total. The molecule has 22 heavy (non-hydrogen) atoms. The fourth-order valence-corrected chi connectivity index (χ4v) is 2.12. The molecule has 1 aromatic carbocycles. The van der Waals surface area contributed by atoms with Crippen LogP contribution in [0.5, 0.6) is 0 Å². The Morgan fingerprint density at radius 2 is 2.05 bits per heavy atom. The number of nitrogens with zero attached hydrogens (tertiary/aromatic N) is 4. The van der Waals surface area contributed by atoms with E-state index in [9.17, 15) is 4.79 Å². The van der Waals surface area contributed by atoms with Crippen LogP contribution in [0.25, 0.3) is 0 Å². The van der Waals surface area contributed by atoms with Crippen LogP contribution in [0.2, 0.25) is 0 Å². The Morgan fingerprint density at radius 1 is 1.14 bits per heavy atom. The van der Waals surface area contributed by atoms with E-state index in [-0.39, 0.29) is 5.91 Å². The molecular formula is C16H15N5O. The normalized spacial score (nSPS) is 10.4. The summed E-state index contributed by atoms with van der Waals surface area (Å²) in [5.74, 6) is -0.229. The number of hydrogen-bond donors (Lipinski definition) is 1. The smallest absolute Gasteiger partial charge is 0.271 e. The molecule has 2 heterocycles. The lowest BCUT2D eigenvalue weighted by Gasteiger charge is -2.07. The summed E-state index contributed by atoms with van der Waals surface area (Å²) in [7, 11) is 0. The first-order valence-corrected chi connectivity index (χ1v) is 6.89. The van der Waals surface area contributed by atoms with Crippen molar-refractivity contribution in [2.45, 2.75) is 13.1 Å². The van der Waals surface area contributed by atoms with Crippen LogP contribution in [-0.4, -0.2) is 25.4 Å². The number of carbonyl (C=O) groups is 1. The van der Waals surface area contributed by atoms with Gasteiger partial charge in [-0.1, -0.05) is 24.3 Å². The maximum Gasteiger partial charge on any atom is 0.271 e. The maximum absolute atomic E-state index is 11.9. The van der Waals surface area contributed by atoms with Gasteiger partial charge in [0.25, 0.3) is 5.91 Å². The van der Waals surface area contributed by atoms with Crippen LogP contribution in [0.15, 0.2) is 61.6 Å². The third kappa shape index (κ3) is 3.54. The van der Waals surface area contributed by atoms with Crippen molar-refractivity contribution in [3.05, 3.63) is 78.4 Å². The van der Waals surface area contributed by atoms with Gasteiger partial charge in [-0.25, -0.2) is 9.97 Å². The van der Waals surface area contributed by atoms with Gasteiger partial charge in [-0.15, -0.1) is 0 Å². The number of imidazole rings is 1. The van der Waals surface area contributed by atoms with E-state index in [0.29, 0.717) is 12.2 Å². The second-order valence-electron chi connectivity index (χ2n) is 4.83. The highest BCUT2D eigenvalue weighted by molar-refractivity contribution is 5.91. The van der Waals surface area contributed by atoms with Crippen molar-refractivity contribution in [1.29, 1.82) is 0 Å². The summed E-state index contributed by atoms with van der Waals surface area (Å²) in [6, 6.07) is 8.08. The topological polar surface area (TPSA) is 72.7 Å². The third-order valence-corrected chi connectivity index (χ3v) is 3.16. The molecule has 110 valence electrons. The van der Waals surface area contributed by atoms with E-state index in [1.165, 1.54) is 18.6 Å². The zero-order valence-corrected chi connectivity index (χ0v) is 11.9. The van der Waals surface area contributed by atoms with Crippen LogP contribution >= 0.6 is 0 Å². The fraction of sp³-hybridized carbons (Fsp3) is 0.125. The quantitative estimate of drug-likeness (QED) is 0.776. The highest BCUT2D eigenvalue weighted by Crippen LogP contribution is 2.07. The molecular weight excluding hydrogens is 278 g/mol. The average Bonchev–Trinajstić information content (AvgIpc) is 3.07. The summed E-state index contributed by atoms with van der Waals surface area (Å²) in [6.45, 7) is 1.21. The van der Waals surface area contributed by atoms with Gasteiger partial charge in [0.2, 0.25) is 0 Å². The molecule has 0 aliphatic rings. The van der Waals surface area contributed by atoms with E-state index in [2.05, 4.69) is 26.3 Å². The summed E-state index contributed by atoms with van der Waals surface area (Å²) in [4.78, 5) is 23.8. The minimum Gasteiger partial charge on any atom is -0.347 e. The number of benzene rings is 1. The number of carbonyl (C=O) groups excluding carboxylic acids is 1. The molecule has 0 aliphatic heterocycles. The molecule has 1 amide bonds. The van der Waals surface area contributed by atoms with Crippen LogP contribution in [0.4, 0.5) is 0 Å². The van der Waals surface area contributed by atoms with Gasteiger partial charge in [0.05, 0.1) is 12.5 Å². The van der Waals surface area contributed by atoms with Gasteiger partial charge in [-0.2, -0.15) is 0 Å². The van der Waals surface area contributed by atoms with Gasteiger partial charge in [-0.05, 0) is 11.1 Å². The van der Waals surface area contributed by atoms with Crippen molar-refractivity contribution in [2.24, 2.45) is 0 Å². The zero-order valence-electron chi connectivity index (χ0n) is 11.9. The van der Waals surface area contributed by atoms with Gasteiger partial charge in [0, 0.05) is 37.9 Å². The van der Waals surface area contributed by atoms with E-state index in [1.54, 1.807) is 12.5 Å². The van der Waals surface area contributed by atoms with Crippen LogP contribution in [-0.2, 0) is 13.1 Å². The molecule has 0 radical (unpaired) electrons. The van der Waals surface area contributed by atoms with Crippen LogP contribution < -0.4 is 5.32 Å². The first kappa shape index (κ1) is 13.9. The summed E-state index contributed by atoms with van der Waals surface area (Å²) in [5.41, 5.74) is 2.51. The van der Waals surface area contributed by atoms with Crippen molar-refractivity contribution in [2.75, 3.05) is 0 Å². The molecule has 0 fully saturated rings. The lowest BCUT2D eigenvalue weighted by molar-refractivity contribution is 0.0945. The minimum atomic E-state index is -0.229. The number of hydrogen-bond acceptors (Lipinski definition) is 4. The summed E-state index contributed by atoms with van der Waals surface area (Å²) >= 11 is 0. The van der Waals surface area contributed by atoms with Crippen molar-refractivity contribution in [3.63, 3.8) is 0 Å². The van der Waals surface area contributed by atoms with Gasteiger partial charge in [-0.3, -0.25) is 9.78 Å². The molecule has 0 atom stereocenters. The Bertz CT molecular complexity index is 740. The monoisotopic (exact) mass is 293 g/mol. The predicted molar refractivity (Wildman–Crippen MR) is 81.0 cm³/mol. The molecule has 0 aliphatic carbocycles. The van der Waals surface area contributed by atoms with Crippen LogP contribution in [0.1, 0.15) is 21.6 Å². The highest BCUT2D eigenvalue weighted by Gasteiger charge is 2.06. The zero-order chi connectivity index (χ0) is 15.2. The Labute approximate surface area is 127 Å². The van der Waals surface area contributed by atoms with Crippen molar-refractivity contribution >= 4 is 5.91 Å². The second kappa shape index (κ2) is 6.62. The Kier molecular flexibility index (Phi) is 4.20. The average molecular weight is 293 g/mol. The second-order valence-corrected chi connectivity index (χ2v) is 4.83. The number of amides is 1. The van der Waals surface area contributed by atoms with E-state index in [4.69, 9.17) is 0 Å². The van der Waals surface area contributed by atoms with E-state index >= 15 is 0 Å². The molecule has 0 unspecified atom stereocenters. The Morgan fingerprint density at radius 3 is 2.82 bits per heavy atom. The van der Waals surface area contributed by atoms with Crippen LogP contribution in [0, 0.1) is 0 Å². The van der Waals surface area contributed by atoms with Crippen LogP contribution in [0.3, 0.4) is 0 Å². The first-order valence-electron chi connectivity index (χ1n) is 6.89. The maximum atomic E-state index is 11.9. The number of rotatable bonds is 5. The first-order chi connectivity index (χ1) is 10.8. The Balaban J connectivity index is 1.62. The molecule has 0 saturated heterocycles. The van der Waals surface area contributed by atoms with E-state index in [0.717, 1.165) is 17.7 Å². The minimum absolute atomic E-state index is 0.229. The fourth-order valence-electron chi connectivity index (χ4n) is 2.12. The molecule has 3 rings (SSSR count). The van der Waals surface area contributed by atoms with Gasteiger partial charge >= 0.3 is 0 Å². The van der Waals surface area contributed by atoms with Crippen molar-refractivity contribution in [1.82, 2.24) is 24.8 Å². The SMILES string of the molecule is O=C(NCc1cccc(Cn2ccnc2)c1)c1cnccn1. The van der Waals surface area contributed by atoms with Gasteiger partial charge in [0.1, 0.15) is 5.69 Å². The molecule has 0 bridgehead atoms. The molecule has 1 N–H and O–H groups in total. The van der Waals surface area contributed by atoms with Gasteiger partial charge < -0.3 is 9.88 Å². The predicted octanol–water partition coefficient (Wildman–Crippen LogP) is 1.65. The molecule has 2 aromatic heterocycles. The Hall–Kier alpha value is -3.02. The summed E-state index contributed by atoms with van der Waals surface area (Å²) in [6.07, 6.45) is 9.94. The van der Waals surface area contributed by atoms with Crippen molar-refractivity contribution in [3.8, 4) is 0 Å². The number of aromatic nitrogens is 4. The lowest BCUT2D eigenvalue weighted by atomic mass is 10.1. The third-order valence-electron chi connectivity index (χ3n) is 3.16. The standard InChI is InChI=1S/C16H15N5O/c22-16(15-10-17-4-5-19-15)20-9-13-2-1-3-14(8-13)11-21-7-6-18-12-21/h1-8,10,12H,9,11H2,(H,20,22). The lowest BCUT2D eigenvalue weighted by Crippen LogP contribution is -2.23. The van der Waals surface area contributed by atoms with Crippen molar-refractivity contribution < 1.29 is 4.79 Å². The molecule has 3 aromatic rings. The summed E-state index contributed by atoms with van der Waals surface area (Å²) in [5, 5.41) is 2.84. The summed E-state index contributed by atoms with van der Waals surface area (Å²) < 4.78 is 2.00. The largest absolute Gasteiger partial charge is 0.347 e.